The molecule has 1 nitrogen and oxygen atoms in total. The lowest BCUT2D eigenvalue weighted by atomic mass is 9.49. The Morgan fingerprint density at radius 2 is 1.94 bits per heavy atom. The standard InChI is InChI=1S/C15H17ClFN/c1-3-14(4-2)8-15(9-14,10-18)12-6-5-11(17)7-13(12)16/h5-7H,3-4,8-9H2,1-2H3. The second-order valence-corrected chi connectivity index (χ2v) is 5.79. The van der Waals surface area contributed by atoms with E-state index in [-0.39, 0.29) is 11.2 Å². The minimum atomic E-state index is -0.517. The van der Waals surface area contributed by atoms with Gasteiger partial charge in [-0.1, -0.05) is 44.4 Å². The van der Waals surface area contributed by atoms with Crippen LogP contribution in [-0.4, -0.2) is 0 Å². The molecule has 96 valence electrons. The zero-order valence-corrected chi connectivity index (χ0v) is 11.5. The molecule has 0 saturated heterocycles. The summed E-state index contributed by atoms with van der Waals surface area (Å²) in [5.74, 6) is -0.353. The van der Waals surface area contributed by atoms with E-state index in [1.54, 1.807) is 6.07 Å². The van der Waals surface area contributed by atoms with Gasteiger partial charge >= 0.3 is 0 Å². The molecule has 2 rings (SSSR count). The van der Waals surface area contributed by atoms with Gasteiger partial charge in [0, 0.05) is 5.02 Å². The molecule has 0 unspecified atom stereocenters. The van der Waals surface area contributed by atoms with Gasteiger partial charge in [0.2, 0.25) is 0 Å². The molecular weight excluding hydrogens is 249 g/mol. The molecule has 1 fully saturated rings. The Hall–Kier alpha value is -1.07. The Bertz CT molecular complexity index is 492. The zero-order chi connectivity index (χ0) is 13.4. The molecule has 0 amide bonds. The van der Waals surface area contributed by atoms with Crippen molar-refractivity contribution in [2.24, 2.45) is 5.41 Å². The Balaban J connectivity index is 2.35. The lowest BCUT2D eigenvalue weighted by molar-refractivity contribution is 0.0480. The fraction of sp³-hybridized carbons (Fsp3) is 0.533. The average Bonchev–Trinajstić information content (AvgIpc) is 2.31. The maximum Gasteiger partial charge on any atom is 0.124 e. The Labute approximate surface area is 113 Å². The van der Waals surface area contributed by atoms with Gasteiger partial charge in [0.1, 0.15) is 5.82 Å². The minimum Gasteiger partial charge on any atom is -0.207 e. The third kappa shape index (κ3) is 1.91. The Morgan fingerprint density at radius 1 is 1.33 bits per heavy atom. The highest BCUT2D eigenvalue weighted by molar-refractivity contribution is 6.31. The predicted molar refractivity (Wildman–Crippen MR) is 71.0 cm³/mol. The molecule has 0 atom stereocenters. The van der Waals surface area contributed by atoms with E-state index in [9.17, 15) is 9.65 Å². The Morgan fingerprint density at radius 3 is 2.39 bits per heavy atom. The molecule has 0 heterocycles. The number of nitriles is 1. The molecule has 3 heteroatoms. The predicted octanol–water partition coefficient (Wildman–Crippen LogP) is 4.84. The highest BCUT2D eigenvalue weighted by atomic mass is 35.5. The summed E-state index contributed by atoms with van der Waals surface area (Å²) in [6, 6.07) is 6.76. The van der Waals surface area contributed by atoms with Crippen LogP contribution in [0.2, 0.25) is 5.02 Å². The van der Waals surface area contributed by atoms with Crippen LogP contribution in [0.3, 0.4) is 0 Å². The van der Waals surface area contributed by atoms with Crippen molar-refractivity contribution in [1.82, 2.24) is 0 Å². The van der Waals surface area contributed by atoms with Gasteiger partial charge in [-0.2, -0.15) is 5.26 Å². The van der Waals surface area contributed by atoms with Crippen LogP contribution in [0, 0.1) is 22.6 Å². The van der Waals surface area contributed by atoms with Gasteiger partial charge in [-0.15, -0.1) is 0 Å². The topological polar surface area (TPSA) is 23.8 Å². The second-order valence-electron chi connectivity index (χ2n) is 5.38. The molecular formula is C15H17ClFN. The fourth-order valence-corrected chi connectivity index (χ4v) is 3.53. The molecule has 0 bridgehead atoms. The third-order valence-corrected chi connectivity index (χ3v) is 4.83. The van der Waals surface area contributed by atoms with Crippen molar-refractivity contribution in [3.05, 3.63) is 34.6 Å². The van der Waals surface area contributed by atoms with Crippen molar-refractivity contribution >= 4 is 11.6 Å². The van der Waals surface area contributed by atoms with Crippen LogP contribution in [0.5, 0.6) is 0 Å². The van der Waals surface area contributed by atoms with Crippen LogP contribution < -0.4 is 0 Å². The summed E-state index contributed by atoms with van der Waals surface area (Å²) in [5, 5.41) is 9.88. The van der Waals surface area contributed by atoms with E-state index in [1.807, 2.05) is 0 Å². The number of nitrogens with zero attached hydrogens (tertiary/aromatic N) is 1. The van der Waals surface area contributed by atoms with Crippen molar-refractivity contribution in [2.45, 2.75) is 44.9 Å². The molecule has 1 aromatic carbocycles. The number of halogens is 2. The van der Waals surface area contributed by atoms with Crippen LogP contribution in [-0.2, 0) is 5.41 Å². The normalized spacial score (nSPS) is 19.9. The molecule has 1 aliphatic rings. The smallest absolute Gasteiger partial charge is 0.124 e. The van der Waals surface area contributed by atoms with Crippen molar-refractivity contribution in [3.8, 4) is 6.07 Å². The Kier molecular flexibility index (Phi) is 3.38. The molecule has 0 N–H and O–H groups in total. The SMILES string of the molecule is CCC1(CC)CC(C#N)(c2ccc(F)cc2Cl)C1. The second kappa shape index (κ2) is 4.55. The first-order valence-corrected chi connectivity index (χ1v) is 6.75. The fourth-order valence-electron chi connectivity index (χ4n) is 3.19. The van der Waals surface area contributed by atoms with Crippen molar-refractivity contribution in [2.75, 3.05) is 0 Å². The lowest BCUT2D eigenvalue weighted by Crippen LogP contribution is -2.48. The van der Waals surface area contributed by atoms with Crippen molar-refractivity contribution in [3.63, 3.8) is 0 Å². The van der Waals surface area contributed by atoms with E-state index >= 15 is 0 Å². The van der Waals surface area contributed by atoms with Gasteiger partial charge in [0.15, 0.2) is 0 Å². The largest absolute Gasteiger partial charge is 0.207 e. The number of benzene rings is 1. The quantitative estimate of drug-likeness (QED) is 0.767. The van der Waals surface area contributed by atoms with E-state index in [4.69, 9.17) is 11.6 Å². The third-order valence-electron chi connectivity index (χ3n) is 4.51. The van der Waals surface area contributed by atoms with E-state index in [2.05, 4.69) is 19.9 Å². The van der Waals surface area contributed by atoms with Crippen LogP contribution in [0.4, 0.5) is 4.39 Å². The maximum absolute atomic E-state index is 13.1. The van der Waals surface area contributed by atoms with Crippen molar-refractivity contribution < 1.29 is 4.39 Å². The lowest BCUT2D eigenvalue weighted by Gasteiger charge is -2.53. The first kappa shape index (κ1) is 13.4. The van der Waals surface area contributed by atoms with Gasteiger partial charge < -0.3 is 0 Å². The maximum atomic E-state index is 13.1. The molecule has 0 radical (unpaired) electrons. The minimum absolute atomic E-state index is 0.257. The zero-order valence-electron chi connectivity index (χ0n) is 10.8. The van der Waals surface area contributed by atoms with Crippen LogP contribution in [0.15, 0.2) is 18.2 Å². The summed E-state index contributed by atoms with van der Waals surface area (Å²) < 4.78 is 13.1. The molecule has 0 aliphatic heterocycles. The number of hydrogen-bond acceptors (Lipinski definition) is 1. The van der Waals surface area contributed by atoms with Gasteiger partial charge in [-0.3, -0.25) is 0 Å². The van der Waals surface area contributed by atoms with Crippen LogP contribution in [0.25, 0.3) is 0 Å². The van der Waals surface area contributed by atoms with Gasteiger partial charge in [0.25, 0.3) is 0 Å². The number of hydrogen-bond donors (Lipinski definition) is 0. The summed E-state index contributed by atoms with van der Waals surface area (Å²) in [7, 11) is 0. The van der Waals surface area contributed by atoms with Crippen molar-refractivity contribution in [1.29, 1.82) is 5.26 Å². The van der Waals surface area contributed by atoms with E-state index in [0.29, 0.717) is 5.02 Å². The van der Waals surface area contributed by atoms with Gasteiger partial charge in [-0.05, 0) is 36.0 Å². The van der Waals surface area contributed by atoms with Crippen LogP contribution in [0.1, 0.15) is 45.1 Å². The summed E-state index contributed by atoms with van der Waals surface area (Å²) >= 11 is 6.09. The molecule has 1 saturated carbocycles. The average molecular weight is 266 g/mol. The summed E-state index contributed by atoms with van der Waals surface area (Å²) in [6.45, 7) is 4.33. The molecule has 1 aromatic rings. The van der Waals surface area contributed by atoms with Crippen LogP contribution >= 0.6 is 11.6 Å². The summed E-state index contributed by atoms with van der Waals surface area (Å²) in [4.78, 5) is 0. The van der Waals surface area contributed by atoms with Gasteiger partial charge in [0.05, 0.1) is 11.5 Å². The monoisotopic (exact) mass is 265 g/mol. The highest BCUT2D eigenvalue weighted by Gasteiger charge is 2.54. The first-order valence-electron chi connectivity index (χ1n) is 6.38. The van der Waals surface area contributed by atoms with E-state index < -0.39 is 5.41 Å². The number of rotatable bonds is 3. The molecule has 0 aromatic heterocycles. The van der Waals surface area contributed by atoms with E-state index in [0.717, 1.165) is 31.2 Å². The first-order chi connectivity index (χ1) is 8.51. The molecule has 1 aliphatic carbocycles. The molecule has 18 heavy (non-hydrogen) atoms. The molecule has 0 spiro atoms. The highest BCUT2D eigenvalue weighted by Crippen LogP contribution is 2.59. The van der Waals surface area contributed by atoms with Gasteiger partial charge in [-0.25, -0.2) is 4.39 Å². The van der Waals surface area contributed by atoms with E-state index in [1.165, 1.54) is 12.1 Å². The summed E-state index contributed by atoms with van der Waals surface area (Å²) in [5.41, 5.74) is 0.523. The summed E-state index contributed by atoms with van der Waals surface area (Å²) in [6.07, 6.45) is 3.81.